The normalized spacial score (nSPS) is 16.2. The number of benzene rings is 2. The number of fused-ring (bicyclic) bond motifs is 1. The summed E-state index contributed by atoms with van der Waals surface area (Å²) in [5.74, 6) is 1.10. The third-order valence-corrected chi connectivity index (χ3v) is 6.07. The van der Waals surface area contributed by atoms with Gasteiger partial charge in [0.15, 0.2) is 0 Å². The van der Waals surface area contributed by atoms with E-state index < -0.39 is 6.10 Å². The highest BCUT2D eigenvalue weighted by molar-refractivity contribution is 5.89. The first-order valence-electron chi connectivity index (χ1n) is 11.1. The zero-order valence-corrected chi connectivity index (χ0v) is 18.3. The second kappa shape index (κ2) is 10.0. The van der Waals surface area contributed by atoms with Crippen LogP contribution >= 0.6 is 0 Å². The highest BCUT2D eigenvalue weighted by Crippen LogP contribution is 2.17. The maximum Gasteiger partial charge on any atom is 0.337 e. The van der Waals surface area contributed by atoms with Crippen molar-refractivity contribution in [1.82, 2.24) is 19.4 Å². The van der Waals surface area contributed by atoms with Gasteiger partial charge in [-0.05, 0) is 56.1 Å². The van der Waals surface area contributed by atoms with Gasteiger partial charge in [0.2, 0.25) is 0 Å². The van der Waals surface area contributed by atoms with Gasteiger partial charge in [0.25, 0.3) is 0 Å². The molecule has 2 N–H and O–H groups in total. The first-order valence-corrected chi connectivity index (χ1v) is 11.1. The molecule has 32 heavy (non-hydrogen) atoms. The Morgan fingerprint density at radius 2 is 1.75 bits per heavy atom. The summed E-state index contributed by atoms with van der Waals surface area (Å²) in [4.78, 5) is 27.4. The van der Waals surface area contributed by atoms with E-state index >= 15 is 0 Å². The minimum atomic E-state index is -0.551. The minimum absolute atomic E-state index is 0.264. The van der Waals surface area contributed by atoms with E-state index in [-0.39, 0.29) is 18.3 Å². The molecule has 0 saturated carbocycles. The molecule has 2 heterocycles. The van der Waals surface area contributed by atoms with Crippen LogP contribution in [0.3, 0.4) is 0 Å². The average Bonchev–Trinajstić information content (AvgIpc) is 3.08. The number of aliphatic hydroxyl groups is 1. The molecular weight excluding hydrogens is 408 g/mol. The lowest BCUT2D eigenvalue weighted by molar-refractivity contribution is 0.0552. The summed E-state index contributed by atoms with van der Waals surface area (Å²) in [5.41, 5.74) is 1.00. The number of carbonyl (C=O) groups is 1. The molecular formula is C24H30N4O4. The number of ether oxygens (including phenoxy) is 1. The quantitative estimate of drug-likeness (QED) is 0.590. The number of para-hydroxylation sites is 3. The molecule has 0 radical (unpaired) electrons. The van der Waals surface area contributed by atoms with Crippen molar-refractivity contribution in [1.29, 1.82) is 0 Å². The number of hydrogen-bond acceptors (Lipinski definition) is 5. The summed E-state index contributed by atoms with van der Waals surface area (Å²) >= 11 is 0. The Morgan fingerprint density at radius 3 is 2.47 bits per heavy atom. The lowest BCUT2D eigenvalue weighted by Crippen LogP contribution is -2.44. The van der Waals surface area contributed by atoms with Crippen molar-refractivity contribution < 1.29 is 14.6 Å². The van der Waals surface area contributed by atoms with Crippen molar-refractivity contribution in [2.24, 2.45) is 13.0 Å². The maximum atomic E-state index is 12.7. The molecule has 1 fully saturated rings. The molecule has 1 unspecified atom stereocenters. The van der Waals surface area contributed by atoms with Crippen LogP contribution in [0.1, 0.15) is 12.8 Å². The van der Waals surface area contributed by atoms with E-state index in [0.717, 1.165) is 37.2 Å². The number of piperidine rings is 1. The Morgan fingerprint density at radius 1 is 1.09 bits per heavy atom. The second-order valence-electron chi connectivity index (χ2n) is 8.37. The monoisotopic (exact) mass is 438 g/mol. The molecule has 1 amide bonds. The van der Waals surface area contributed by atoms with Gasteiger partial charge in [-0.25, -0.2) is 14.2 Å². The molecule has 3 aromatic rings. The van der Waals surface area contributed by atoms with Crippen LogP contribution in [0.2, 0.25) is 0 Å². The topological polar surface area (TPSA) is 88.7 Å². The highest BCUT2D eigenvalue weighted by atomic mass is 16.5. The van der Waals surface area contributed by atoms with Crippen molar-refractivity contribution in [3.63, 3.8) is 0 Å². The molecule has 0 aliphatic carbocycles. The van der Waals surface area contributed by atoms with Crippen LogP contribution in [0.5, 0.6) is 5.75 Å². The lowest BCUT2D eigenvalue weighted by Gasteiger charge is -2.33. The molecule has 8 heteroatoms. The number of aliphatic hydroxyl groups excluding tert-OH is 1. The molecule has 8 nitrogen and oxygen atoms in total. The number of nitrogens with one attached hydrogen (secondary N) is 1. The molecule has 0 spiro atoms. The van der Waals surface area contributed by atoms with E-state index in [2.05, 4.69) is 10.2 Å². The smallest absolute Gasteiger partial charge is 0.337 e. The van der Waals surface area contributed by atoms with Crippen molar-refractivity contribution in [3.05, 3.63) is 65.1 Å². The van der Waals surface area contributed by atoms with Gasteiger partial charge in [-0.2, -0.15) is 0 Å². The largest absolute Gasteiger partial charge is 0.491 e. The van der Waals surface area contributed by atoms with E-state index in [1.807, 2.05) is 48.5 Å². The molecule has 1 aliphatic rings. The standard InChI is InChI=1S/C24H30N4O4/c1-26-21-9-5-6-10-22(21)28(24(26)31)23(30)25-15-18-11-13-27(14-12-18)16-19(29)17-32-20-7-3-2-4-8-20/h2-10,18-19,29H,11-17H2,1H3,(H,25,30). The number of β-amino-alcohol motifs (C(OH)–C–C–N with tert-alkyl or cyclic N) is 1. The van der Waals surface area contributed by atoms with Gasteiger partial charge in [0.1, 0.15) is 18.5 Å². The summed E-state index contributed by atoms with van der Waals surface area (Å²) in [5, 5.41) is 13.2. The van der Waals surface area contributed by atoms with Gasteiger partial charge >= 0.3 is 11.7 Å². The molecule has 0 bridgehead atoms. The summed E-state index contributed by atoms with van der Waals surface area (Å²) in [7, 11) is 1.67. The van der Waals surface area contributed by atoms with Crippen LogP contribution in [-0.4, -0.2) is 64.1 Å². The first-order chi connectivity index (χ1) is 15.5. The summed E-state index contributed by atoms with van der Waals surface area (Å²) in [6, 6.07) is 16.4. The SMILES string of the molecule is Cn1c(=O)n(C(=O)NCC2CCN(CC(O)COc3ccccc3)CC2)c2ccccc21. The number of nitrogens with zero attached hydrogens (tertiary/aromatic N) is 3. The second-order valence-corrected chi connectivity index (χ2v) is 8.37. The van der Waals surface area contributed by atoms with E-state index in [0.29, 0.717) is 24.5 Å². The van der Waals surface area contributed by atoms with Gasteiger partial charge in [0, 0.05) is 20.1 Å². The summed E-state index contributed by atoms with van der Waals surface area (Å²) in [6.07, 6.45) is 1.30. The van der Waals surface area contributed by atoms with E-state index in [1.54, 1.807) is 13.1 Å². The van der Waals surface area contributed by atoms with Crippen molar-refractivity contribution >= 4 is 17.1 Å². The predicted molar refractivity (Wildman–Crippen MR) is 123 cm³/mol. The molecule has 1 saturated heterocycles. The van der Waals surface area contributed by atoms with Crippen LogP contribution in [0.4, 0.5) is 4.79 Å². The minimum Gasteiger partial charge on any atom is -0.491 e. The fourth-order valence-electron chi connectivity index (χ4n) is 4.23. The molecule has 4 rings (SSSR count). The fraction of sp³-hybridized carbons (Fsp3) is 0.417. The first kappa shape index (κ1) is 22.1. The van der Waals surface area contributed by atoms with Gasteiger partial charge in [-0.1, -0.05) is 30.3 Å². The van der Waals surface area contributed by atoms with E-state index in [1.165, 1.54) is 9.13 Å². The van der Waals surface area contributed by atoms with Crippen LogP contribution in [-0.2, 0) is 7.05 Å². The summed E-state index contributed by atoms with van der Waals surface area (Å²) < 4.78 is 8.31. The Bertz CT molecular complexity index is 1100. The van der Waals surface area contributed by atoms with Gasteiger partial charge < -0.3 is 20.1 Å². The Balaban J connectivity index is 1.22. The number of imidazole rings is 1. The number of carbonyl (C=O) groups excluding carboxylic acids is 1. The third-order valence-electron chi connectivity index (χ3n) is 6.07. The molecule has 2 aromatic carbocycles. The van der Waals surface area contributed by atoms with Gasteiger partial charge in [-0.3, -0.25) is 4.57 Å². The van der Waals surface area contributed by atoms with Crippen molar-refractivity contribution in [3.8, 4) is 5.75 Å². The van der Waals surface area contributed by atoms with Crippen LogP contribution in [0, 0.1) is 5.92 Å². The lowest BCUT2D eigenvalue weighted by atomic mass is 9.96. The number of likely N-dealkylation sites (tertiary alicyclic amines) is 1. The number of hydrogen-bond donors (Lipinski definition) is 2. The van der Waals surface area contributed by atoms with E-state index in [4.69, 9.17) is 4.74 Å². The predicted octanol–water partition coefficient (Wildman–Crippen LogP) is 2.05. The van der Waals surface area contributed by atoms with Crippen LogP contribution in [0.25, 0.3) is 11.0 Å². The van der Waals surface area contributed by atoms with Gasteiger partial charge in [0.05, 0.1) is 11.0 Å². The molecule has 1 aromatic heterocycles. The Hall–Kier alpha value is -3.10. The van der Waals surface area contributed by atoms with E-state index in [9.17, 15) is 14.7 Å². The third kappa shape index (κ3) is 5.03. The number of rotatable bonds is 7. The Labute approximate surface area is 187 Å². The fourth-order valence-corrected chi connectivity index (χ4v) is 4.23. The molecule has 170 valence electrons. The van der Waals surface area contributed by atoms with Crippen molar-refractivity contribution in [2.45, 2.75) is 18.9 Å². The highest BCUT2D eigenvalue weighted by Gasteiger charge is 2.23. The zero-order chi connectivity index (χ0) is 22.5. The van der Waals surface area contributed by atoms with Crippen LogP contribution in [0.15, 0.2) is 59.4 Å². The number of aryl methyl sites for hydroxylation is 1. The average molecular weight is 439 g/mol. The van der Waals surface area contributed by atoms with Gasteiger partial charge in [-0.15, -0.1) is 0 Å². The number of amides is 1. The molecule has 1 atom stereocenters. The van der Waals surface area contributed by atoms with Crippen molar-refractivity contribution in [2.75, 3.05) is 32.8 Å². The zero-order valence-electron chi connectivity index (χ0n) is 18.3. The Kier molecular flexibility index (Phi) is 6.92. The molecule has 1 aliphatic heterocycles. The summed E-state index contributed by atoms with van der Waals surface area (Å²) in [6.45, 7) is 3.08. The number of aromatic nitrogens is 2. The maximum absolute atomic E-state index is 12.7. The van der Waals surface area contributed by atoms with Crippen LogP contribution < -0.4 is 15.7 Å².